The van der Waals surface area contributed by atoms with Crippen LogP contribution in [0.25, 0.3) is 0 Å². The van der Waals surface area contributed by atoms with Gasteiger partial charge in [0.1, 0.15) is 11.0 Å². The number of nitriles is 1. The number of benzene rings is 1. The number of pyridine rings is 1. The third kappa shape index (κ3) is 3.71. The Hall–Kier alpha value is -2.58. The van der Waals surface area contributed by atoms with Gasteiger partial charge >= 0.3 is 5.97 Å². The van der Waals surface area contributed by atoms with E-state index in [1.165, 1.54) is 19.2 Å². The van der Waals surface area contributed by atoms with Gasteiger partial charge < -0.3 is 10.1 Å². The first-order chi connectivity index (χ1) is 10.1. The van der Waals surface area contributed by atoms with Crippen LogP contribution in [0, 0.1) is 11.3 Å². The van der Waals surface area contributed by atoms with Crippen molar-refractivity contribution in [3.8, 4) is 6.07 Å². The summed E-state index contributed by atoms with van der Waals surface area (Å²) < 4.78 is 4.80. The Morgan fingerprint density at radius 1 is 1.38 bits per heavy atom. The number of nitrogens with one attached hydrogen (secondary N) is 1. The second-order valence-electron chi connectivity index (χ2n) is 4.19. The summed E-state index contributed by atoms with van der Waals surface area (Å²) in [6.45, 7) is 0. The highest BCUT2D eigenvalue weighted by Crippen LogP contribution is 2.22. The van der Waals surface area contributed by atoms with E-state index in [0.717, 1.165) is 5.56 Å². The number of carbonyl (C=O) groups is 1. The fourth-order valence-electron chi connectivity index (χ4n) is 1.82. The Morgan fingerprint density at radius 3 is 2.71 bits per heavy atom. The number of hydrogen-bond acceptors (Lipinski definition) is 5. The van der Waals surface area contributed by atoms with Crippen LogP contribution in [0.3, 0.4) is 0 Å². The molecule has 0 aliphatic carbocycles. The number of carbonyl (C=O) groups excluding carboxylic acids is 1. The van der Waals surface area contributed by atoms with Crippen molar-refractivity contribution < 1.29 is 9.53 Å². The molecule has 5 nitrogen and oxygen atoms in total. The van der Waals surface area contributed by atoms with Gasteiger partial charge in [-0.2, -0.15) is 5.26 Å². The van der Waals surface area contributed by atoms with Gasteiger partial charge in [-0.3, -0.25) is 0 Å². The summed E-state index contributed by atoms with van der Waals surface area (Å²) in [4.78, 5) is 16.0. The molecule has 0 saturated carbocycles. The predicted octanol–water partition coefficient (Wildman–Crippen LogP) is 2.93. The summed E-state index contributed by atoms with van der Waals surface area (Å²) in [6, 6.07) is 13.3. The molecule has 1 unspecified atom stereocenters. The molecule has 0 amide bonds. The average molecular weight is 302 g/mol. The molecule has 0 saturated heterocycles. The summed E-state index contributed by atoms with van der Waals surface area (Å²) in [6.07, 6.45) is 0. The van der Waals surface area contributed by atoms with Gasteiger partial charge in [0.05, 0.1) is 18.7 Å². The first-order valence-electron chi connectivity index (χ1n) is 6.11. The summed E-state index contributed by atoms with van der Waals surface area (Å²) >= 11 is 5.85. The summed E-state index contributed by atoms with van der Waals surface area (Å²) in [5.41, 5.74) is 1.08. The smallest absolute Gasteiger partial charge is 0.333 e. The normalized spacial score (nSPS) is 11.3. The average Bonchev–Trinajstić information content (AvgIpc) is 2.52. The molecule has 2 rings (SSSR count). The van der Waals surface area contributed by atoms with Crippen LogP contribution >= 0.6 is 11.6 Å². The monoisotopic (exact) mass is 301 g/mol. The Bertz CT molecular complexity index is 683. The zero-order valence-corrected chi connectivity index (χ0v) is 12.0. The SMILES string of the molecule is COC(=O)C(Nc1cc(C#N)cc(Cl)n1)c1ccccc1. The molecule has 1 aromatic carbocycles. The molecule has 0 aliphatic heterocycles. The first-order valence-corrected chi connectivity index (χ1v) is 6.49. The molecule has 0 spiro atoms. The number of methoxy groups -OCH3 is 1. The van der Waals surface area contributed by atoms with Gasteiger partial charge in [0.15, 0.2) is 6.04 Å². The molecule has 1 atom stereocenters. The molecule has 0 aliphatic rings. The van der Waals surface area contributed by atoms with Crippen molar-refractivity contribution >= 4 is 23.4 Å². The van der Waals surface area contributed by atoms with Crippen LogP contribution in [-0.2, 0) is 9.53 Å². The maximum absolute atomic E-state index is 11.9. The standard InChI is InChI=1S/C15H12ClN3O2/c1-21-15(20)14(11-5-3-2-4-6-11)19-13-8-10(9-17)7-12(16)18-13/h2-8,14H,1H3,(H,18,19). The van der Waals surface area contributed by atoms with Crippen LogP contribution in [-0.4, -0.2) is 18.1 Å². The Labute approximate surface area is 127 Å². The van der Waals surface area contributed by atoms with E-state index in [9.17, 15) is 4.79 Å². The van der Waals surface area contributed by atoms with E-state index in [0.29, 0.717) is 11.4 Å². The maximum Gasteiger partial charge on any atom is 0.333 e. The van der Waals surface area contributed by atoms with Gasteiger partial charge in [0.25, 0.3) is 0 Å². The fraction of sp³-hybridized carbons (Fsp3) is 0.133. The number of aromatic nitrogens is 1. The minimum Gasteiger partial charge on any atom is -0.467 e. The number of rotatable bonds is 4. The Balaban J connectivity index is 2.34. The minimum absolute atomic E-state index is 0.174. The molecule has 2 aromatic rings. The van der Waals surface area contributed by atoms with E-state index < -0.39 is 12.0 Å². The van der Waals surface area contributed by atoms with Crippen LogP contribution in [0.1, 0.15) is 17.2 Å². The number of esters is 1. The molecule has 1 N–H and O–H groups in total. The molecular weight excluding hydrogens is 290 g/mol. The van der Waals surface area contributed by atoms with Crippen LogP contribution in [0.2, 0.25) is 5.15 Å². The topological polar surface area (TPSA) is 75.0 Å². The van der Waals surface area contributed by atoms with Gasteiger partial charge in [-0.25, -0.2) is 9.78 Å². The molecule has 0 bridgehead atoms. The minimum atomic E-state index is -0.728. The largest absolute Gasteiger partial charge is 0.467 e. The van der Waals surface area contributed by atoms with Crippen LogP contribution < -0.4 is 5.32 Å². The molecule has 1 heterocycles. The highest BCUT2D eigenvalue weighted by Gasteiger charge is 2.21. The third-order valence-corrected chi connectivity index (χ3v) is 2.98. The van der Waals surface area contributed by atoms with Gasteiger partial charge in [-0.15, -0.1) is 0 Å². The quantitative estimate of drug-likeness (QED) is 0.694. The van der Waals surface area contributed by atoms with Crippen molar-refractivity contribution in [2.24, 2.45) is 0 Å². The lowest BCUT2D eigenvalue weighted by atomic mass is 10.1. The Kier molecular flexibility index (Phi) is 4.75. The van der Waals surface area contributed by atoms with E-state index in [1.54, 1.807) is 12.1 Å². The zero-order chi connectivity index (χ0) is 15.2. The summed E-state index contributed by atoms with van der Waals surface area (Å²) in [5, 5.41) is 12.1. The summed E-state index contributed by atoms with van der Waals surface area (Å²) in [7, 11) is 1.31. The van der Waals surface area contributed by atoms with Crippen molar-refractivity contribution in [2.45, 2.75) is 6.04 Å². The number of halogens is 1. The molecular formula is C15H12ClN3O2. The predicted molar refractivity (Wildman–Crippen MR) is 78.8 cm³/mol. The van der Waals surface area contributed by atoms with Crippen molar-refractivity contribution in [3.05, 3.63) is 58.7 Å². The molecule has 1 aromatic heterocycles. The second-order valence-corrected chi connectivity index (χ2v) is 4.57. The maximum atomic E-state index is 11.9. The van der Waals surface area contributed by atoms with Crippen molar-refractivity contribution in [1.29, 1.82) is 5.26 Å². The van der Waals surface area contributed by atoms with Crippen molar-refractivity contribution in [1.82, 2.24) is 4.98 Å². The van der Waals surface area contributed by atoms with Gasteiger partial charge in [0.2, 0.25) is 0 Å². The molecule has 106 valence electrons. The van der Waals surface area contributed by atoms with Crippen LogP contribution in [0.5, 0.6) is 0 Å². The number of hydrogen-bond donors (Lipinski definition) is 1. The van der Waals surface area contributed by atoms with Crippen molar-refractivity contribution in [2.75, 3.05) is 12.4 Å². The molecule has 0 radical (unpaired) electrons. The lowest BCUT2D eigenvalue weighted by Crippen LogP contribution is -2.22. The fourth-order valence-corrected chi connectivity index (χ4v) is 2.03. The third-order valence-electron chi connectivity index (χ3n) is 2.79. The number of anilines is 1. The Morgan fingerprint density at radius 2 is 2.10 bits per heavy atom. The van der Waals surface area contributed by atoms with Crippen molar-refractivity contribution in [3.63, 3.8) is 0 Å². The van der Waals surface area contributed by atoms with Crippen LogP contribution in [0.15, 0.2) is 42.5 Å². The highest BCUT2D eigenvalue weighted by atomic mass is 35.5. The van der Waals surface area contributed by atoms with Gasteiger partial charge in [0, 0.05) is 0 Å². The van der Waals surface area contributed by atoms with Gasteiger partial charge in [-0.1, -0.05) is 41.9 Å². The van der Waals surface area contributed by atoms with Gasteiger partial charge in [-0.05, 0) is 17.7 Å². The molecule has 0 fully saturated rings. The van der Waals surface area contributed by atoms with Crippen LogP contribution in [0.4, 0.5) is 5.82 Å². The van der Waals surface area contributed by atoms with E-state index >= 15 is 0 Å². The van der Waals surface area contributed by atoms with E-state index in [-0.39, 0.29) is 5.15 Å². The number of ether oxygens (including phenoxy) is 1. The lowest BCUT2D eigenvalue weighted by molar-refractivity contribution is -0.141. The molecule has 21 heavy (non-hydrogen) atoms. The second kappa shape index (κ2) is 6.73. The van der Waals surface area contributed by atoms with E-state index in [2.05, 4.69) is 10.3 Å². The lowest BCUT2D eigenvalue weighted by Gasteiger charge is -2.17. The summed E-state index contributed by atoms with van der Waals surface area (Å²) in [5.74, 6) is -0.125. The number of nitrogens with zero attached hydrogens (tertiary/aromatic N) is 2. The molecule has 6 heteroatoms. The van der Waals surface area contributed by atoms with E-state index in [4.69, 9.17) is 21.6 Å². The van der Waals surface area contributed by atoms with E-state index in [1.807, 2.05) is 24.3 Å². The first kappa shape index (κ1) is 14.8. The highest BCUT2D eigenvalue weighted by molar-refractivity contribution is 6.29. The zero-order valence-electron chi connectivity index (χ0n) is 11.2.